The maximum atomic E-state index is 13.6. The largest absolute Gasteiger partial charge is 0.393 e. The topological polar surface area (TPSA) is 133 Å². The van der Waals surface area contributed by atoms with Gasteiger partial charge >= 0.3 is 0 Å². The smallest absolute Gasteiger partial charge is 0.251 e. The van der Waals surface area contributed by atoms with E-state index in [9.17, 15) is 23.9 Å². The Balaban J connectivity index is 1.05. The highest BCUT2D eigenvalue weighted by atomic mass is 32.1. The van der Waals surface area contributed by atoms with Gasteiger partial charge in [-0.1, -0.05) is 36.4 Å². The first-order valence-corrected chi connectivity index (χ1v) is 16.2. The Morgan fingerprint density at radius 3 is 2.49 bits per heavy atom. The third-order valence-electron chi connectivity index (χ3n) is 8.78. The number of aromatic nitrogens is 1. The van der Waals surface area contributed by atoms with Crippen molar-refractivity contribution in [2.75, 3.05) is 33.4 Å². The van der Waals surface area contributed by atoms with E-state index in [0.29, 0.717) is 18.5 Å². The second kappa shape index (κ2) is 13.7. The zero-order chi connectivity index (χ0) is 31.5. The van der Waals surface area contributed by atoms with E-state index >= 15 is 0 Å². The molecule has 2 aliphatic heterocycles. The van der Waals surface area contributed by atoms with E-state index in [1.807, 2.05) is 42.6 Å². The lowest BCUT2D eigenvalue weighted by atomic mass is 10.1. The number of aliphatic hydroxyl groups excluding tert-OH is 1. The van der Waals surface area contributed by atoms with Crippen LogP contribution in [0.25, 0.3) is 21.0 Å². The van der Waals surface area contributed by atoms with Gasteiger partial charge < -0.3 is 30.7 Å². The molecular formula is C33H38FN5O5S. The van der Waals surface area contributed by atoms with Crippen LogP contribution >= 0.6 is 11.3 Å². The number of hydrogen-bond donors (Lipinski definition) is 4. The molecule has 3 heterocycles. The quantitative estimate of drug-likeness (QED) is 0.255. The fourth-order valence-corrected chi connectivity index (χ4v) is 6.97. The highest BCUT2D eigenvalue weighted by molar-refractivity contribution is 7.18. The van der Waals surface area contributed by atoms with Gasteiger partial charge in [-0.2, -0.15) is 0 Å². The normalized spacial score (nSPS) is 23.6. The van der Waals surface area contributed by atoms with E-state index in [0.717, 1.165) is 39.4 Å². The number of alkyl halides is 1. The number of likely N-dealkylation sites (tertiary alicyclic amines) is 1. The molecule has 3 amide bonds. The van der Waals surface area contributed by atoms with E-state index < -0.39 is 12.2 Å². The van der Waals surface area contributed by atoms with Gasteiger partial charge in [-0.15, -0.1) is 11.3 Å². The number of methoxy groups -OCH3 is 1. The highest BCUT2D eigenvalue weighted by Crippen LogP contribution is 2.35. The molecule has 1 saturated carbocycles. The molecule has 3 fully saturated rings. The van der Waals surface area contributed by atoms with Gasteiger partial charge in [-0.25, -0.2) is 9.37 Å². The molecule has 3 aliphatic rings. The molecule has 238 valence electrons. The number of nitrogens with zero attached hydrogens (tertiary/aromatic N) is 2. The van der Waals surface area contributed by atoms with Crippen molar-refractivity contribution in [2.24, 2.45) is 5.92 Å². The summed E-state index contributed by atoms with van der Waals surface area (Å²) >= 11 is 1.55. The maximum absolute atomic E-state index is 13.6. The lowest BCUT2D eigenvalue weighted by Crippen LogP contribution is -2.46. The van der Waals surface area contributed by atoms with Crippen LogP contribution in [0.15, 0.2) is 54.7 Å². The average molecular weight is 636 g/mol. The summed E-state index contributed by atoms with van der Waals surface area (Å²) < 4.78 is 18.9. The van der Waals surface area contributed by atoms with Gasteiger partial charge in [0.2, 0.25) is 11.8 Å². The Morgan fingerprint density at radius 2 is 1.84 bits per heavy atom. The fourth-order valence-electron chi connectivity index (χ4n) is 6.04. The minimum Gasteiger partial charge on any atom is -0.393 e. The van der Waals surface area contributed by atoms with Crippen molar-refractivity contribution >= 4 is 29.1 Å². The van der Waals surface area contributed by atoms with Crippen molar-refractivity contribution in [1.82, 2.24) is 25.8 Å². The molecule has 0 spiro atoms. The molecule has 0 radical (unpaired) electrons. The van der Waals surface area contributed by atoms with Gasteiger partial charge in [0.15, 0.2) is 0 Å². The summed E-state index contributed by atoms with van der Waals surface area (Å²) in [6.45, 7) is 0.749. The molecule has 10 nitrogen and oxygen atoms in total. The van der Waals surface area contributed by atoms with Crippen LogP contribution in [-0.4, -0.2) is 90.4 Å². The molecule has 12 heteroatoms. The van der Waals surface area contributed by atoms with Crippen LogP contribution in [0.2, 0.25) is 0 Å². The van der Waals surface area contributed by atoms with Crippen LogP contribution in [0.3, 0.4) is 0 Å². The maximum Gasteiger partial charge on any atom is 0.251 e. The molecule has 0 bridgehead atoms. The number of thiazole rings is 1. The Labute approximate surface area is 265 Å². The minimum atomic E-state index is -1.03. The summed E-state index contributed by atoms with van der Waals surface area (Å²) in [6.07, 6.45) is 2.86. The molecule has 6 rings (SSSR count). The molecule has 2 aromatic carbocycles. The van der Waals surface area contributed by atoms with Crippen molar-refractivity contribution < 1.29 is 28.6 Å². The first kappa shape index (κ1) is 31.3. The molecule has 1 unspecified atom stereocenters. The summed E-state index contributed by atoms with van der Waals surface area (Å²) in [6, 6.07) is 14.1. The third-order valence-corrected chi connectivity index (χ3v) is 9.87. The monoisotopic (exact) mass is 635 g/mol. The molecular weight excluding hydrogens is 597 g/mol. The molecule has 2 saturated heterocycles. The number of carbonyl (C=O) groups excluding carboxylic acids is 3. The van der Waals surface area contributed by atoms with Crippen LogP contribution in [0, 0.1) is 5.92 Å². The number of nitrogens with one attached hydrogen (secondary N) is 3. The SMILES string of the molecule is COC(CO)c1ccc(-c2cnc(-c3ccc(C(=O)NC[C@H]4C[C@@H](NC(=O)[C@@H]5C[C@H](F)CN5)CN4C(=O)C4CC4)cc3)s2)cc1. The lowest BCUT2D eigenvalue weighted by Gasteiger charge is -2.25. The summed E-state index contributed by atoms with van der Waals surface area (Å²) in [7, 11) is 1.57. The number of ether oxygens (including phenoxy) is 1. The van der Waals surface area contributed by atoms with Crippen molar-refractivity contribution in [3.63, 3.8) is 0 Å². The first-order valence-electron chi connectivity index (χ1n) is 15.4. The van der Waals surface area contributed by atoms with Crippen molar-refractivity contribution in [1.29, 1.82) is 0 Å². The molecule has 4 N–H and O–H groups in total. The summed E-state index contributed by atoms with van der Waals surface area (Å²) in [4.78, 5) is 46.1. The van der Waals surface area contributed by atoms with E-state index in [4.69, 9.17) is 4.74 Å². The second-order valence-corrected chi connectivity index (χ2v) is 13.0. The van der Waals surface area contributed by atoms with Gasteiger partial charge in [-0.05, 0) is 42.5 Å². The lowest BCUT2D eigenvalue weighted by molar-refractivity contribution is -0.133. The van der Waals surface area contributed by atoms with E-state index in [1.165, 1.54) is 0 Å². The Kier molecular flexibility index (Phi) is 9.55. The van der Waals surface area contributed by atoms with Crippen molar-refractivity contribution in [2.45, 2.75) is 56.1 Å². The Bertz CT molecular complexity index is 1510. The number of aliphatic hydroxyl groups is 1. The second-order valence-electron chi connectivity index (χ2n) is 12.0. The van der Waals surface area contributed by atoms with Crippen LogP contribution in [0.5, 0.6) is 0 Å². The van der Waals surface area contributed by atoms with Crippen LogP contribution < -0.4 is 16.0 Å². The van der Waals surface area contributed by atoms with Gasteiger partial charge in [0.05, 0.1) is 23.6 Å². The van der Waals surface area contributed by atoms with Gasteiger partial charge in [-0.3, -0.25) is 14.4 Å². The van der Waals surface area contributed by atoms with E-state index in [2.05, 4.69) is 20.9 Å². The van der Waals surface area contributed by atoms with Crippen molar-refractivity contribution in [3.05, 3.63) is 65.9 Å². The molecule has 45 heavy (non-hydrogen) atoms. The number of carbonyl (C=O) groups is 3. The predicted octanol–water partition coefficient (Wildman–Crippen LogP) is 3.08. The number of hydrogen-bond acceptors (Lipinski definition) is 8. The zero-order valence-electron chi connectivity index (χ0n) is 25.1. The number of benzene rings is 2. The fraction of sp³-hybridized carbons (Fsp3) is 0.455. The summed E-state index contributed by atoms with van der Waals surface area (Å²) in [5.74, 6) is -0.392. The van der Waals surface area contributed by atoms with E-state index in [-0.39, 0.29) is 67.9 Å². The van der Waals surface area contributed by atoms with Crippen LogP contribution in [-0.2, 0) is 14.3 Å². The molecule has 1 aromatic heterocycles. The van der Waals surface area contributed by atoms with Crippen LogP contribution in [0.4, 0.5) is 4.39 Å². The number of rotatable bonds is 11. The standard InChI is InChI=1S/C33H38FN5O5S/c1-44-28(18-40)19-2-4-20(5-3-19)29-16-37-32(45-29)22-8-6-21(7-9-22)30(41)36-15-26-13-25(17-39(26)33(43)23-10-11-23)38-31(42)27-12-24(34)14-35-27/h2-9,16,23-28,35,40H,10-15,17-18H2,1H3,(H,36,41)(H,38,42)/t24-,25+,26+,27-,28?/m0/s1. The molecule has 3 aromatic rings. The minimum absolute atomic E-state index is 0.0222. The average Bonchev–Trinajstić information content (AvgIpc) is 3.41. The van der Waals surface area contributed by atoms with Gasteiger partial charge in [0.25, 0.3) is 5.91 Å². The Hall–Kier alpha value is -3.71. The molecule has 5 atom stereocenters. The summed E-state index contributed by atoms with van der Waals surface area (Å²) in [5.41, 5.74) is 3.31. The third kappa shape index (κ3) is 7.25. The van der Waals surface area contributed by atoms with Gasteiger partial charge in [0, 0.05) is 62.4 Å². The predicted molar refractivity (Wildman–Crippen MR) is 168 cm³/mol. The zero-order valence-corrected chi connectivity index (χ0v) is 25.9. The van der Waals surface area contributed by atoms with Gasteiger partial charge in [0.1, 0.15) is 17.3 Å². The van der Waals surface area contributed by atoms with Crippen molar-refractivity contribution in [3.8, 4) is 21.0 Å². The summed E-state index contributed by atoms with van der Waals surface area (Å²) in [5, 5.41) is 19.2. The Morgan fingerprint density at radius 1 is 1.11 bits per heavy atom. The first-order chi connectivity index (χ1) is 21.8. The number of amides is 3. The van der Waals surface area contributed by atoms with Crippen LogP contribution in [0.1, 0.15) is 47.7 Å². The highest BCUT2D eigenvalue weighted by Gasteiger charge is 2.42. The number of halogens is 1. The molecule has 1 aliphatic carbocycles. The van der Waals surface area contributed by atoms with E-state index in [1.54, 1.807) is 35.5 Å².